The molecule has 4 nitrogen and oxygen atoms in total. The van der Waals surface area contributed by atoms with E-state index in [0.717, 1.165) is 42.3 Å². The van der Waals surface area contributed by atoms with Crippen molar-refractivity contribution in [3.8, 4) is 5.75 Å². The van der Waals surface area contributed by atoms with Crippen LogP contribution in [0.3, 0.4) is 0 Å². The molecule has 0 saturated heterocycles. The highest BCUT2D eigenvalue weighted by Gasteiger charge is 2.13. The van der Waals surface area contributed by atoms with E-state index in [4.69, 9.17) is 4.74 Å². The maximum Gasteiger partial charge on any atom is 0.261 e. The third-order valence-electron chi connectivity index (χ3n) is 4.56. The molecule has 0 unspecified atom stereocenters. The topological polar surface area (TPSA) is 51.2 Å². The van der Waals surface area contributed by atoms with Crippen molar-refractivity contribution in [2.45, 2.75) is 38.6 Å². The molecule has 2 heterocycles. The quantitative estimate of drug-likeness (QED) is 0.316. The van der Waals surface area contributed by atoms with E-state index in [0.29, 0.717) is 17.0 Å². The normalized spacial score (nSPS) is 10.8. The first-order valence-electron chi connectivity index (χ1n) is 9.83. The van der Waals surface area contributed by atoms with E-state index in [1.54, 1.807) is 30.5 Å². The summed E-state index contributed by atoms with van der Waals surface area (Å²) in [5.41, 5.74) is 0.404. The number of nitrogens with one attached hydrogen (secondary N) is 1. The van der Waals surface area contributed by atoms with Gasteiger partial charge < -0.3 is 10.1 Å². The molecule has 0 aliphatic carbocycles. The largest absolute Gasteiger partial charge is 0.491 e. The molecule has 1 amide bonds. The van der Waals surface area contributed by atoms with Crippen LogP contribution in [-0.2, 0) is 6.54 Å². The lowest BCUT2D eigenvalue weighted by molar-refractivity contribution is 0.0954. The van der Waals surface area contributed by atoms with Gasteiger partial charge in [0.25, 0.3) is 5.91 Å². The van der Waals surface area contributed by atoms with Crippen molar-refractivity contribution in [3.63, 3.8) is 0 Å². The average molecular weight is 413 g/mol. The van der Waals surface area contributed by atoms with Crippen LogP contribution >= 0.6 is 11.3 Å². The van der Waals surface area contributed by atoms with Crippen LogP contribution in [0.15, 0.2) is 55.3 Å². The zero-order chi connectivity index (χ0) is 20.5. The second-order valence-electron chi connectivity index (χ2n) is 6.76. The van der Waals surface area contributed by atoms with Crippen LogP contribution in [0.1, 0.15) is 47.3 Å². The van der Waals surface area contributed by atoms with Gasteiger partial charge in [0.05, 0.1) is 11.5 Å². The molecule has 0 bridgehead atoms. The van der Waals surface area contributed by atoms with E-state index in [1.165, 1.54) is 11.3 Å². The number of ether oxygens (including phenoxy) is 1. The van der Waals surface area contributed by atoms with Crippen molar-refractivity contribution in [1.82, 2.24) is 10.3 Å². The summed E-state index contributed by atoms with van der Waals surface area (Å²) in [6, 6.07) is 10.6. The number of carbonyl (C=O) groups is 1. The number of pyridine rings is 1. The Morgan fingerprint density at radius 3 is 2.90 bits per heavy atom. The number of hydrogen-bond acceptors (Lipinski definition) is 4. The highest BCUT2D eigenvalue weighted by atomic mass is 32.1. The molecular formula is C23H25FN2O2S. The zero-order valence-corrected chi connectivity index (χ0v) is 17.1. The number of allylic oxidation sites excluding steroid dienone is 1. The lowest BCUT2D eigenvalue weighted by atomic mass is 10.1. The van der Waals surface area contributed by atoms with Gasteiger partial charge in [0.2, 0.25) is 0 Å². The first kappa shape index (κ1) is 21.0. The Morgan fingerprint density at radius 2 is 2.07 bits per heavy atom. The maximum absolute atomic E-state index is 14.7. The lowest BCUT2D eigenvalue weighted by Gasteiger charge is -2.11. The van der Waals surface area contributed by atoms with Crippen molar-refractivity contribution in [2.24, 2.45) is 0 Å². The number of hydrogen-bond donors (Lipinski definition) is 1. The first-order chi connectivity index (χ1) is 14.2. The predicted octanol–water partition coefficient (Wildman–Crippen LogP) is 5.88. The number of rotatable bonds is 11. The summed E-state index contributed by atoms with van der Waals surface area (Å²) in [6.07, 6.45) is 8.84. The number of amides is 1. The van der Waals surface area contributed by atoms with Gasteiger partial charge in [-0.1, -0.05) is 37.1 Å². The van der Waals surface area contributed by atoms with E-state index in [9.17, 15) is 9.18 Å². The van der Waals surface area contributed by atoms with Crippen LogP contribution in [0.4, 0.5) is 4.39 Å². The molecule has 152 valence electrons. The van der Waals surface area contributed by atoms with Gasteiger partial charge in [-0.05, 0) is 37.5 Å². The molecule has 3 rings (SSSR count). The molecule has 0 atom stereocenters. The second-order valence-corrected chi connectivity index (χ2v) is 7.79. The molecule has 2 aromatic heterocycles. The SMILES string of the molecule is C=CCCCCCCOc1cccc(CNC(=O)c2cc3cccnc3s2)c1F. The molecule has 0 fully saturated rings. The maximum atomic E-state index is 14.7. The molecule has 1 N–H and O–H groups in total. The van der Waals surface area contributed by atoms with Gasteiger partial charge in [0, 0.05) is 23.7 Å². The van der Waals surface area contributed by atoms with E-state index in [2.05, 4.69) is 16.9 Å². The number of thiophene rings is 1. The van der Waals surface area contributed by atoms with Crippen LogP contribution < -0.4 is 10.1 Å². The van der Waals surface area contributed by atoms with Gasteiger partial charge >= 0.3 is 0 Å². The summed E-state index contributed by atoms with van der Waals surface area (Å²) in [6.45, 7) is 4.29. The summed E-state index contributed by atoms with van der Waals surface area (Å²) in [5.74, 6) is -0.426. The Kier molecular flexibility index (Phi) is 7.76. The Hall–Kier alpha value is -2.73. The van der Waals surface area contributed by atoms with E-state index in [1.807, 2.05) is 18.2 Å². The van der Waals surface area contributed by atoms with Gasteiger partial charge in [-0.15, -0.1) is 17.9 Å². The fourth-order valence-corrected chi connectivity index (χ4v) is 3.90. The third kappa shape index (κ3) is 5.87. The Bertz CT molecular complexity index is 937. The molecule has 0 spiro atoms. The lowest BCUT2D eigenvalue weighted by Crippen LogP contribution is -2.22. The van der Waals surface area contributed by atoms with Gasteiger partial charge in [-0.2, -0.15) is 0 Å². The molecule has 3 aromatic rings. The highest BCUT2D eigenvalue weighted by molar-refractivity contribution is 7.20. The Labute approximate surface area is 174 Å². The second kappa shape index (κ2) is 10.7. The smallest absolute Gasteiger partial charge is 0.261 e. The number of aromatic nitrogens is 1. The molecule has 6 heteroatoms. The predicted molar refractivity (Wildman–Crippen MR) is 116 cm³/mol. The van der Waals surface area contributed by atoms with Crippen molar-refractivity contribution in [1.29, 1.82) is 0 Å². The number of unbranched alkanes of at least 4 members (excludes halogenated alkanes) is 4. The summed E-state index contributed by atoms with van der Waals surface area (Å²) < 4.78 is 20.3. The fraction of sp³-hybridized carbons (Fsp3) is 0.304. The number of carbonyl (C=O) groups excluding carboxylic acids is 1. The minimum absolute atomic E-state index is 0.102. The molecule has 1 aromatic carbocycles. The molecule has 29 heavy (non-hydrogen) atoms. The number of fused-ring (bicyclic) bond motifs is 1. The van der Waals surface area contributed by atoms with Crippen molar-refractivity contribution in [3.05, 3.63) is 71.5 Å². The van der Waals surface area contributed by atoms with Gasteiger partial charge in [-0.25, -0.2) is 9.37 Å². The average Bonchev–Trinajstić information content (AvgIpc) is 3.17. The minimum Gasteiger partial charge on any atom is -0.491 e. The first-order valence-corrected chi connectivity index (χ1v) is 10.6. The molecule has 0 aliphatic heterocycles. The van der Waals surface area contributed by atoms with Gasteiger partial charge in [0.1, 0.15) is 4.83 Å². The summed E-state index contributed by atoms with van der Waals surface area (Å²) in [5, 5.41) is 3.71. The summed E-state index contributed by atoms with van der Waals surface area (Å²) >= 11 is 1.32. The molecule has 0 saturated carbocycles. The van der Waals surface area contributed by atoms with E-state index >= 15 is 0 Å². The van der Waals surface area contributed by atoms with Crippen LogP contribution in [-0.4, -0.2) is 17.5 Å². The van der Waals surface area contributed by atoms with Gasteiger partial charge in [-0.3, -0.25) is 4.79 Å². The van der Waals surface area contributed by atoms with Crippen molar-refractivity contribution < 1.29 is 13.9 Å². The summed E-state index contributed by atoms with van der Waals surface area (Å²) in [7, 11) is 0. The number of halogens is 1. The number of nitrogens with zero attached hydrogens (tertiary/aromatic N) is 1. The molecule has 0 aliphatic rings. The van der Waals surface area contributed by atoms with E-state index < -0.39 is 5.82 Å². The highest BCUT2D eigenvalue weighted by Crippen LogP contribution is 2.24. The molecular weight excluding hydrogens is 387 g/mol. The van der Waals surface area contributed by atoms with Crippen molar-refractivity contribution in [2.75, 3.05) is 6.61 Å². The monoisotopic (exact) mass is 412 g/mol. The number of benzene rings is 1. The van der Waals surface area contributed by atoms with Crippen LogP contribution in [0.2, 0.25) is 0 Å². The minimum atomic E-state index is -0.419. The standard InChI is InChI=1S/C23H25FN2O2S/c1-2-3-4-5-6-7-14-28-19-12-8-10-18(21(19)24)16-26-22(27)20-15-17-11-9-13-25-23(17)29-20/h2,8-13,15H,1,3-7,14,16H2,(H,26,27). The summed E-state index contributed by atoms with van der Waals surface area (Å²) in [4.78, 5) is 18.0. The van der Waals surface area contributed by atoms with Crippen molar-refractivity contribution >= 4 is 27.5 Å². The zero-order valence-electron chi connectivity index (χ0n) is 16.3. The van der Waals surface area contributed by atoms with Crippen LogP contribution in [0, 0.1) is 5.82 Å². The van der Waals surface area contributed by atoms with Crippen LogP contribution in [0.5, 0.6) is 5.75 Å². The van der Waals surface area contributed by atoms with Crippen LogP contribution in [0.25, 0.3) is 10.2 Å². The van der Waals surface area contributed by atoms with E-state index in [-0.39, 0.29) is 18.2 Å². The van der Waals surface area contributed by atoms with Gasteiger partial charge in [0.15, 0.2) is 11.6 Å². The Balaban J connectivity index is 1.51. The fourth-order valence-electron chi connectivity index (χ4n) is 2.98. The Morgan fingerprint density at radius 1 is 1.21 bits per heavy atom. The molecule has 0 radical (unpaired) electrons. The third-order valence-corrected chi connectivity index (χ3v) is 5.62.